The average molecular weight is 761 g/mol. The van der Waals surface area contributed by atoms with Crippen molar-refractivity contribution >= 4 is 38.0 Å². The van der Waals surface area contributed by atoms with Gasteiger partial charge in [-0.25, -0.2) is 9.59 Å². The Hall–Kier alpha value is -4.41. The second-order valence-electron chi connectivity index (χ2n) is 15.6. The number of fused-ring (bicyclic) bond motifs is 5. The minimum Gasteiger partial charge on any atom is -0.456 e. The minimum absolute atomic E-state index is 0. The molecule has 14 nitrogen and oxygen atoms in total. The molecule has 2 aromatic carbocycles. The lowest BCUT2D eigenvalue weighted by Crippen LogP contribution is -2.81. The van der Waals surface area contributed by atoms with E-state index in [0.717, 1.165) is 6.92 Å². The predicted molar refractivity (Wildman–Crippen MR) is 194 cm³/mol. The number of nitrogens with one attached hydrogen (secondary N) is 1. The van der Waals surface area contributed by atoms with Gasteiger partial charge in [-0.05, 0) is 42.7 Å². The highest BCUT2D eigenvalue weighted by Crippen LogP contribution is 2.64. The van der Waals surface area contributed by atoms with Crippen molar-refractivity contribution in [2.75, 3.05) is 6.61 Å². The van der Waals surface area contributed by atoms with Gasteiger partial charge < -0.3 is 44.7 Å². The fourth-order valence-corrected chi connectivity index (χ4v) is 9.34. The second-order valence-corrected chi connectivity index (χ2v) is 15.6. The molecule has 4 aliphatic rings. The van der Waals surface area contributed by atoms with E-state index < -0.39 is 107 Å². The second kappa shape index (κ2) is 14.9. The molecule has 2 saturated carbocycles. The third-order valence-corrected chi connectivity index (χ3v) is 12.3. The summed E-state index contributed by atoms with van der Waals surface area (Å²) < 4.78 is 24.0. The SMILES string of the molecule is CC(=O)N[C@@H](c1ccccc1)[C@@H](O)C(=O)O[C@H]1C[C@@]2(O)[C@@H](OC(=O)c3ccccc3)C3C(C)(C(=O)[C@H](O)C(=C1C)C2(C)C)[C@@H](O)CC1OC[C@]13OC(C)=O.[B]. The van der Waals surface area contributed by atoms with Gasteiger partial charge in [0.05, 0.1) is 35.6 Å². The quantitative estimate of drug-likeness (QED) is 0.112. The Morgan fingerprint density at radius 3 is 2.09 bits per heavy atom. The number of ether oxygens (including phenoxy) is 4. The summed E-state index contributed by atoms with van der Waals surface area (Å²) in [6.07, 6.45) is -10.3. The van der Waals surface area contributed by atoms with Gasteiger partial charge in [-0.15, -0.1) is 0 Å². The molecule has 55 heavy (non-hydrogen) atoms. The van der Waals surface area contributed by atoms with Crippen LogP contribution in [0.15, 0.2) is 71.8 Å². The smallest absolute Gasteiger partial charge is 0.338 e. The molecule has 1 saturated heterocycles. The summed E-state index contributed by atoms with van der Waals surface area (Å²) in [5.74, 6) is -5.80. The lowest BCUT2D eigenvalue weighted by molar-refractivity contribution is -0.346. The number of carbonyl (C=O) groups excluding carboxylic acids is 5. The van der Waals surface area contributed by atoms with Crippen LogP contribution in [0, 0.1) is 16.7 Å². The van der Waals surface area contributed by atoms with Gasteiger partial charge in [-0.1, -0.05) is 62.4 Å². The largest absolute Gasteiger partial charge is 0.456 e. The Balaban J connectivity index is 0.00000580. The van der Waals surface area contributed by atoms with Gasteiger partial charge in [0.1, 0.15) is 30.0 Å². The van der Waals surface area contributed by atoms with Crippen molar-refractivity contribution in [2.45, 2.75) is 108 Å². The number of amides is 1. The van der Waals surface area contributed by atoms with Crippen molar-refractivity contribution in [2.24, 2.45) is 16.7 Å². The number of aliphatic hydroxyl groups excluding tert-OH is 3. The first-order valence-electron chi connectivity index (χ1n) is 17.9. The van der Waals surface area contributed by atoms with Crippen molar-refractivity contribution in [1.82, 2.24) is 5.32 Å². The molecule has 5 N–H and O–H groups in total. The van der Waals surface area contributed by atoms with Gasteiger partial charge in [-0.2, -0.15) is 0 Å². The summed E-state index contributed by atoms with van der Waals surface area (Å²) >= 11 is 0. The van der Waals surface area contributed by atoms with Crippen LogP contribution in [0.1, 0.15) is 76.3 Å². The van der Waals surface area contributed by atoms with Crippen LogP contribution in [0.4, 0.5) is 0 Å². The fourth-order valence-electron chi connectivity index (χ4n) is 9.34. The molecule has 1 aliphatic heterocycles. The normalized spacial score (nSPS) is 34.4. The van der Waals surface area contributed by atoms with E-state index >= 15 is 0 Å². The van der Waals surface area contributed by atoms with Gasteiger partial charge in [0.15, 0.2) is 17.5 Å². The molecule has 2 aromatic rings. The maximum absolute atomic E-state index is 14.9. The predicted octanol–water partition coefficient (Wildman–Crippen LogP) is 1.49. The van der Waals surface area contributed by atoms with E-state index in [0.29, 0.717) is 5.56 Å². The minimum atomic E-state index is -2.32. The van der Waals surface area contributed by atoms with E-state index in [4.69, 9.17) is 18.9 Å². The maximum Gasteiger partial charge on any atom is 0.338 e. The summed E-state index contributed by atoms with van der Waals surface area (Å²) in [6.45, 7) is 8.11. The molecule has 3 unspecified atom stereocenters. The van der Waals surface area contributed by atoms with Crippen LogP contribution in [-0.4, -0.2) is 113 Å². The van der Waals surface area contributed by atoms with Gasteiger partial charge in [0.2, 0.25) is 5.91 Å². The zero-order valence-corrected chi connectivity index (χ0v) is 31.6. The van der Waals surface area contributed by atoms with Crippen LogP contribution in [0.25, 0.3) is 0 Å². The van der Waals surface area contributed by atoms with Gasteiger partial charge in [0.25, 0.3) is 0 Å². The topological polar surface area (TPSA) is 215 Å². The molecule has 2 bridgehead atoms. The number of aliphatic hydroxyl groups is 4. The van der Waals surface area contributed by atoms with Crippen LogP contribution in [-0.2, 0) is 38.1 Å². The average Bonchev–Trinajstić information content (AvgIpc) is 3.12. The first-order valence-corrected chi connectivity index (χ1v) is 17.9. The molecular weight excluding hydrogens is 713 g/mol. The molecule has 1 amide bonds. The third-order valence-electron chi connectivity index (χ3n) is 12.3. The Bertz CT molecular complexity index is 1870. The molecule has 1 heterocycles. The van der Waals surface area contributed by atoms with Crippen molar-refractivity contribution in [3.05, 3.63) is 82.9 Å². The summed E-state index contributed by atoms with van der Waals surface area (Å²) in [7, 11) is 0. The zero-order chi connectivity index (χ0) is 39.5. The zero-order valence-electron chi connectivity index (χ0n) is 31.6. The number of carbonyl (C=O) groups is 5. The van der Waals surface area contributed by atoms with E-state index in [1.165, 1.54) is 32.9 Å². The van der Waals surface area contributed by atoms with Crippen molar-refractivity contribution < 1.29 is 63.3 Å². The van der Waals surface area contributed by atoms with Gasteiger partial charge in [-0.3, -0.25) is 14.4 Å². The molecule has 11 atom stereocenters. The van der Waals surface area contributed by atoms with Gasteiger partial charge >= 0.3 is 17.9 Å². The summed E-state index contributed by atoms with van der Waals surface area (Å²) in [5, 5.41) is 51.1. The number of benzene rings is 2. The Morgan fingerprint density at radius 2 is 1.55 bits per heavy atom. The third kappa shape index (κ3) is 6.59. The Morgan fingerprint density at radius 1 is 0.945 bits per heavy atom. The van der Waals surface area contributed by atoms with E-state index in [9.17, 15) is 44.4 Å². The molecule has 6 rings (SSSR count). The highest BCUT2D eigenvalue weighted by Gasteiger charge is 2.78. The number of Topliss-reactive ketones (excluding diaryl/α,β-unsaturated/α-hetero) is 1. The number of esters is 3. The maximum atomic E-state index is 14.9. The van der Waals surface area contributed by atoms with Crippen molar-refractivity contribution in [3.8, 4) is 0 Å². The monoisotopic (exact) mass is 760 g/mol. The molecule has 0 spiro atoms. The van der Waals surface area contributed by atoms with Crippen LogP contribution >= 0.6 is 0 Å². The number of hydrogen-bond donors (Lipinski definition) is 5. The first-order chi connectivity index (χ1) is 25.3. The molecular formula is C40H47BNO13. The van der Waals surface area contributed by atoms with Crippen molar-refractivity contribution in [1.29, 1.82) is 0 Å². The van der Waals surface area contributed by atoms with Crippen LogP contribution < -0.4 is 5.32 Å². The van der Waals surface area contributed by atoms with Crippen molar-refractivity contribution in [3.63, 3.8) is 0 Å². The molecule has 3 aliphatic carbocycles. The van der Waals surface area contributed by atoms with Crippen LogP contribution in [0.3, 0.4) is 0 Å². The van der Waals surface area contributed by atoms with E-state index in [2.05, 4.69) is 5.32 Å². The van der Waals surface area contributed by atoms with E-state index in [-0.39, 0.29) is 38.2 Å². The van der Waals surface area contributed by atoms with E-state index in [1.54, 1.807) is 62.4 Å². The summed E-state index contributed by atoms with van der Waals surface area (Å²) in [6, 6.07) is 14.9. The van der Waals surface area contributed by atoms with Crippen LogP contribution in [0.5, 0.6) is 0 Å². The molecule has 293 valence electrons. The highest BCUT2D eigenvalue weighted by molar-refractivity contribution is 5.94. The molecule has 15 heteroatoms. The van der Waals surface area contributed by atoms with E-state index in [1.807, 2.05) is 0 Å². The summed E-state index contributed by atoms with van der Waals surface area (Å²) in [5.41, 5.74) is -7.01. The summed E-state index contributed by atoms with van der Waals surface area (Å²) in [4.78, 5) is 67.6. The van der Waals surface area contributed by atoms with Crippen LogP contribution in [0.2, 0.25) is 0 Å². The highest BCUT2D eigenvalue weighted by atomic mass is 16.6. The lowest BCUT2D eigenvalue weighted by Gasteiger charge is -2.67. The molecule has 0 aromatic heterocycles. The molecule has 3 radical (unpaired) electrons. The lowest BCUT2D eigenvalue weighted by atomic mass is 9.44. The van der Waals surface area contributed by atoms with Gasteiger partial charge in [0, 0.05) is 40.5 Å². The Kier molecular flexibility index (Phi) is 11.3. The fraction of sp³-hybridized carbons (Fsp3) is 0.525. The Labute approximate surface area is 320 Å². The standard InChI is InChI=1S/C40H47NO13.B/c1-20-25(52-36(49)31(46)29(41-21(2)42)23-13-9-7-10-14-23)18-40(50)34(53-35(48)24-15-11-8-12-16-24)32-38(6,33(47)30(45)28(20)37(40,4)5)26(44)17-27-39(32,19-51-27)54-22(3)43;/h7-16,25-27,29-32,34,44-46,50H,17-19H2,1-6H3,(H,41,42);/t25-,26-,27?,29-,30+,31+,32?,34-,38?,39-,40+;/m0./s1. The number of ketones is 1. The number of hydrogen-bond acceptors (Lipinski definition) is 13. The molecule has 3 fully saturated rings. The number of rotatable bonds is 8. The first kappa shape index (κ1) is 41.8.